The molecule has 3 N–H and O–H groups in total. The molecule has 0 atom stereocenters. The molecular weight excluding hydrogens is 383 g/mol. The second kappa shape index (κ2) is 6.66. The second-order valence-electron chi connectivity index (χ2n) is 6.46. The molecule has 0 saturated carbocycles. The zero-order valence-corrected chi connectivity index (χ0v) is 14.8. The predicted molar refractivity (Wildman–Crippen MR) is 103 cm³/mol. The Hall–Kier alpha value is -3.81. The summed E-state index contributed by atoms with van der Waals surface area (Å²) in [6, 6.07) is 11.9. The molecule has 0 unspecified atom stereocenters. The van der Waals surface area contributed by atoms with Crippen LogP contribution >= 0.6 is 0 Å². The molecule has 4 rings (SSSR count). The SMILES string of the molecule is NC(=O)C1=CC2=c3ccccc3=Cc3c(NC(=O)C(F)(F)F)cccc3N2C=C1. The van der Waals surface area contributed by atoms with Gasteiger partial charge in [-0.25, -0.2) is 0 Å². The highest BCUT2D eigenvalue weighted by Gasteiger charge is 2.39. The highest BCUT2D eigenvalue weighted by Crippen LogP contribution is 2.35. The van der Waals surface area contributed by atoms with Crippen molar-refractivity contribution in [1.29, 1.82) is 0 Å². The minimum absolute atomic E-state index is 0.0268. The van der Waals surface area contributed by atoms with Gasteiger partial charge in [0.1, 0.15) is 0 Å². The maximum absolute atomic E-state index is 12.8. The van der Waals surface area contributed by atoms with Crippen molar-refractivity contribution in [2.75, 3.05) is 10.2 Å². The van der Waals surface area contributed by atoms with Crippen LogP contribution in [0, 0.1) is 0 Å². The van der Waals surface area contributed by atoms with Crippen molar-refractivity contribution in [3.05, 3.63) is 82.4 Å². The van der Waals surface area contributed by atoms with Crippen LogP contribution in [0.1, 0.15) is 5.56 Å². The lowest BCUT2D eigenvalue weighted by molar-refractivity contribution is -0.167. The van der Waals surface area contributed by atoms with Gasteiger partial charge in [-0.1, -0.05) is 30.3 Å². The molecule has 2 heterocycles. The number of hydrogen-bond acceptors (Lipinski definition) is 3. The van der Waals surface area contributed by atoms with Crippen molar-refractivity contribution < 1.29 is 22.8 Å². The highest BCUT2D eigenvalue weighted by molar-refractivity contribution is 6.02. The van der Waals surface area contributed by atoms with E-state index < -0.39 is 18.0 Å². The summed E-state index contributed by atoms with van der Waals surface area (Å²) in [6.45, 7) is 0. The molecule has 0 aromatic heterocycles. The topological polar surface area (TPSA) is 75.4 Å². The number of carbonyl (C=O) groups excluding carboxylic acids is 2. The van der Waals surface area contributed by atoms with E-state index in [4.69, 9.17) is 5.73 Å². The van der Waals surface area contributed by atoms with Gasteiger partial charge in [0.2, 0.25) is 5.91 Å². The number of rotatable bonds is 2. The van der Waals surface area contributed by atoms with E-state index in [1.54, 1.807) is 47.5 Å². The normalized spacial score (nSPS) is 14.7. The molecule has 2 amide bonds. The Bertz CT molecular complexity index is 1230. The molecule has 2 aromatic carbocycles. The number of nitrogens with zero attached hydrogens (tertiary/aromatic N) is 1. The van der Waals surface area contributed by atoms with E-state index in [2.05, 4.69) is 0 Å². The number of anilines is 2. The van der Waals surface area contributed by atoms with Crippen molar-refractivity contribution in [1.82, 2.24) is 0 Å². The average molecular weight is 397 g/mol. The number of amides is 2. The third kappa shape index (κ3) is 3.29. The first-order valence-electron chi connectivity index (χ1n) is 8.57. The zero-order chi connectivity index (χ0) is 20.8. The summed E-state index contributed by atoms with van der Waals surface area (Å²) >= 11 is 0. The highest BCUT2D eigenvalue weighted by atomic mass is 19.4. The van der Waals surface area contributed by atoms with Crippen LogP contribution in [-0.2, 0) is 9.59 Å². The van der Waals surface area contributed by atoms with Gasteiger partial charge in [0, 0.05) is 22.6 Å². The van der Waals surface area contributed by atoms with Gasteiger partial charge in [0.15, 0.2) is 0 Å². The number of fused-ring (bicyclic) bond motifs is 4. The standard InChI is InChI=1S/C21H14F3N3O2/c22-21(23,24)20(29)26-16-6-3-7-17-15(16)10-12-4-1-2-5-14(12)18-11-13(19(25)28)8-9-27(17)18/h1-11H,(H2,25,28)(H,26,29). The summed E-state index contributed by atoms with van der Waals surface area (Å²) in [6.07, 6.45) is 1.48. The summed E-state index contributed by atoms with van der Waals surface area (Å²) in [5.41, 5.74) is 7.34. The van der Waals surface area contributed by atoms with Gasteiger partial charge in [-0.3, -0.25) is 9.59 Å². The monoisotopic (exact) mass is 397 g/mol. The largest absolute Gasteiger partial charge is 0.471 e. The molecule has 146 valence electrons. The molecule has 2 aromatic rings. The Kier molecular flexibility index (Phi) is 4.26. The number of nitrogens with one attached hydrogen (secondary N) is 1. The van der Waals surface area contributed by atoms with Gasteiger partial charge in [-0.15, -0.1) is 0 Å². The number of alkyl halides is 3. The fourth-order valence-electron chi connectivity index (χ4n) is 3.30. The van der Waals surface area contributed by atoms with Crippen LogP contribution in [0.25, 0.3) is 11.8 Å². The lowest BCUT2D eigenvalue weighted by Crippen LogP contribution is -2.32. The molecule has 0 bridgehead atoms. The van der Waals surface area contributed by atoms with Gasteiger partial charge < -0.3 is 16.0 Å². The van der Waals surface area contributed by atoms with E-state index in [9.17, 15) is 22.8 Å². The average Bonchev–Trinajstić information content (AvgIpc) is 2.82. The van der Waals surface area contributed by atoms with Crippen LogP contribution in [0.5, 0.6) is 0 Å². The van der Waals surface area contributed by atoms with Crippen molar-refractivity contribution in [2.45, 2.75) is 6.18 Å². The first-order valence-corrected chi connectivity index (χ1v) is 8.57. The van der Waals surface area contributed by atoms with Gasteiger partial charge in [0.25, 0.3) is 0 Å². The number of nitrogens with two attached hydrogens (primary N) is 1. The van der Waals surface area contributed by atoms with Crippen LogP contribution in [0.3, 0.4) is 0 Å². The fourth-order valence-corrected chi connectivity index (χ4v) is 3.30. The van der Waals surface area contributed by atoms with E-state index in [0.29, 0.717) is 22.5 Å². The van der Waals surface area contributed by atoms with Crippen LogP contribution in [0.4, 0.5) is 24.5 Å². The summed E-state index contributed by atoms with van der Waals surface area (Å²) in [5.74, 6) is -2.64. The van der Waals surface area contributed by atoms with Gasteiger partial charge in [-0.2, -0.15) is 13.2 Å². The van der Waals surface area contributed by atoms with Gasteiger partial charge >= 0.3 is 12.1 Å². The van der Waals surface area contributed by atoms with Gasteiger partial charge in [-0.05, 0) is 35.6 Å². The van der Waals surface area contributed by atoms with E-state index in [0.717, 1.165) is 10.4 Å². The molecule has 2 aliphatic rings. The minimum Gasteiger partial charge on any atom is -0.366 e. The summed E-state index contributed by atoms with van der Waals surface area (Å²) < 4.78 is 38.3. The van der Waals surface area contributed by atoms with E-state index in [-0.39, 0.29) is 5.69 Å². The molecule has 0 saturated heterocycles. The molecular formula is C21H14F3N3O2. The van der Waals surface area contributed by atoms with E-state index >= 15 is 0 Å². The first kappa shape index (κ1) is 18.5. The van der Waals surface area contributed by atoms with Crippen LogP contribution in [0.2, 0.25) is 0 Å². The molecule has 0 spiro atoms. The van der Waals surface area contributed by atoms with E-state index in [1.165, 1.54) is 12.1 Å². The number of benzene rings is 2. The molecule has 29 heavy (non-hydrogen) atoms. The Labute approximate surface area is 162 Å². The Balaban J connectivity index is 1.97. The smallest absolute Gasteiger partial charge is 0.366 e. The summed E-state index contributed by atoms with van der Waals surface area (Å²) in [5, 5.41) is 3.43. The molecule has 5 nitrogen and oxygen atoms in total. The Morgan fingerprint density at radius 2 is 1.76 bits per heavy atom. The van der Waals surface area contributed by atoms with E-state index in [1.807, 2.05) is 17.4 Å². The van der Waals surface area contributed by atoms with Crippen molar-refractivity contribution in [3.8, 4) is 0 Å². The van der Waals surface area contributed by atoms with Crippen LogP contribution in [0.15, 0.2) is 66.4 Å². The Morgan fingerprint density at radius 3 is 2.48 bits per heavy atom. The zero-order valence-electron chi connectivity index (χ0n) is 14.8. The minimum atomic E-state index is -5.01. The lowest BCUT2D eigenvalue weighted by Gasteiger charge is -2.27. The Morgan fingerprint density at radius 1 is 1.00 bits per heavy atom. The van der Waals surface area contributed by atoms with Crippen molar-refractivity contribution >= 4 is 35.0 Å². The first-order chi connectivity index (χ1) is 13.8. The number of halogens is 3. The molecule has 2 aliphatic heterocycles. The lowest BCUT2D eigenvalue weighted by atomic mass is 10.1. The maximum Gasteiger partial charge on any atom is 0.471 e. The summed E-state index contributed by atoms with van der Waals surface area (Å²) in [4.78, 5) is 24.9. The van der Waals surface area contributed by atoms with Crippen molar-refractivity contribution in [2.24, 2.45) is 5.73 Å². The maximum atomic E-state index is 12.8. The quantitative estimate of drug-likeness (QED) is 0.813. The number of carbonyl (C=O) groups is 2. The molecule has 8 heteroatoms. The fraction of sp³-hybridized carbons (Fsp3) is 0.0476. The third-order valence-electron chi connectivity index (χ3n) is 4.62. The van der Waals surface area contributed by atoms with Crippen LogP contribution in [-0.4, -0.2) is 18.0 Å². The summed E-state index contributed by atoms with van der Waals surface area (Å²) in [7, 11) is 0. The molecule has 0 radical (unpaired) electrons. The van der Waals surface area contributed by atoms with Gasteiger partial charge in [0.05, 0.1) is 17.1 Å². The third-order valence-corrected chi connectivity index (χ3v) is 4.62. The number of hydrogen-bond donors (Lipinski definition) is 2. The van der Waals surface area contributed by atoms with Crippen LogP contribution < -0.4 is 26.4 Å². The predicted octanol–water partition coefficient (Wildman–Crippen LogP) is 1.88. The molecule has 0 aliphatic carbocycles. The van der Waals surface area contributed by atoms with Crippen molar-refractivity contribution in [3.63, 3.8) is 0 Å². The molecule has 0 fully saturated rings. The second-order valence-corrected chi connectivity index (χ2v) is 6.46. The number of primary amides is 1.